The highest BCUT2D eigenvalue weighted by atomic mass is 16.1. The van der Waals surface area contributed by atoms with E-state index in [1.165, 1.54) is 27.8 Å². The van der Waals surface area contributed by atoms with Crippen molar-refractivity contribution in [1.82, 2.24) is 0 Å². The quantitative estimate of drug-likeness (QED) is 0.774. The molecule has 0 spiro atoms. The Kier molecular flexibility index (Phi) is 2.99. The molecule has 0 heterocycles. The third-order valence-electron chi connectivity index (χ3n) is 4.94. The summed E-state index contributed by atoms with van der Waals surface area (Å²) in [5.74, 6) is 0.461. The minimum Gasteiger partial charge on any atom is -0.303 e. The lowest BCUT2D eigenvalue weighted by atomic mass is 9.86. The molecular weight excluding hydrogens is 256 g/mol. The van der Waals surface area contributed by atoms with E-state index in [1.54, 1.807) is 0 Å². The molecule has 0 aliphatic heterocycles. The standard InChI is InChI=1S/C20H18O/c21-13-20-17(12-16-5-1-2-9-19(16)20)11-15-8-3-6-14-7-4-10-18(14)15/h1-6,8-10,13,17,20H,7,11-12H2. The normalized spacial score (nSPS) is 22.1. The van der Waals surface area contributed by atoms with E-state index in [1.807, 2.05) is 6.07 Å². The zero-order valence-electron chi connectivity index (χ0n) is 12.0. The number of hydrogen-bond acceptors (Lipinski definition) is 1. The van der Waals surface area contributed by atoms with E-state index in [-0.39, 0.29) is 5.92 Å². The summed E-state index contributed by atoms with van der Waals surface area (Å²) in [4.78, 5) is 11.6. The molecule has 2 aromatic rings. The fraction of sp³-hybridized carbons (Fsp3) is 0.250. The van der Waals surface area contributed by atoms with Gasteiger partial charge in [0.05, 0.1) is 0 Å². The highest BCUT2D eigenvalue weighted by Gasteiger charge is 2.32. The second-order valence-corrected chi connectivity index (χ2v) is 6.13. The Morgan fingerprint density at radius 1 is 1.05 bits per heavy atom. The third kappa shape index (κ3) is 2.04. The number of benzene rings is 2. The Morgan fingerprint density at radius 2 is 1.90 bits per heavy atom. The summed E-state index contributed by atoms with van der Waals surface area (Å²) >= 11 is 0. The van der Waals surface area contributed by atoms with E-state index in [2.05, 4.69) is 48.6 Å². The van der Waals surface area contributed by atoms with Crippen LogP contribution in [0.2, 0.25) is 0 Å². The summed E-state index contributed by atoms with van der Waals surface area (Å²) in [6.45, 7) is 0. The predicted molar refractivity (Wildman–Crippen MR) is 85.3 cm³/mol. The fourth-order valence-electron chi connectivity index (χ4n) is 3.91. The van der Waals surface area contributed by atoms with Gasteiger partial charge in [-0.15, -0.1) is 0 Å². The lowest BCUT2D eigenvalue weighted by Crippen LogP contribution is -2.13. The van der Waals surface area contributed by atoms with Crippen molar-refractivity contribution in [2.75, 3.05) is 0 Å². The van der Waals surface area contributed by atoms with Gasteiger partial charge >= 0.3 is 0 Å². The molecule has 2 aliphatic rings. The van der Waals surface area contributed by atoms with E-state index in [0.717, 1.165) is 25.5 Å². The topological polar surface area (TPSA) is 17.1 Å². The first-order valence-electron chi connectivity index (χ1n) is 7.67. The second-order valence-electron chi connectivity index (χ2n) is 6.13. The van der Waals surface area contributed by atoms with Crippen LogP contribution in [0.5, 0.6) is 0 Å². The molecule has 0 fully saturated rings. The van der Waals surface area contributed by atoms with Gasteiger partial charge in [0.25, 0.3) is 0 Å². The summed E-state index contributed by atoms with van der Waals surface area (Å²) in [7, 11) is 0. The number of rotatable bonds is 3. The molecule has 2 atom stereocenters. The zero-order valence-corrected chi connectivity index (χ0v) is 12.0. The van der Waals surface area contributed by atoms with Crippen molar-refractivity contribution < 1.29 is 4.79 Å². The van der Waals surface area contributed by atoms with Gasteiger partial charge in [0.2, 0.25) is 0 Å². The predicted octanol–water partition coefficient (Wildman–Crippen LogP) is 3.95. The third-order valence-corrected chi connectivity index (χ3v) is 4.94. The van der Waals surface area contributed by atoms with Crippen molar-refractivity contribution in [2.45, 2.75) is 25.2 Å². The SMILES string of the molecule is O=CC1c2ccccc2CC1Cc1cccc2c1C=CC2. The van der Waals surface area contributed by atoms with Crippen molar-refractivity contribution in [2.24, 2.45) is 5.92 Å². The Hall–Kier alpha value is -2.15. The number of allylic oxidation sites excluding steroid dienone is 1. The number of carbonyl (C=O) groups is 1. The largest absolute Gasteiger partial charge is 0.303 e. The van der Waals surface area contributed by atoms with Crippen molar-refractivity contribution in [1.29, 1.82) is 0 Å². The maximum Gasteiger partial charge on any atom is 0.127 e. The number of fused-ring (bicyclic) bond motifs is 2. The molecule has 0 radical (unpaired) electrons. The van der Waals surface area contributed by atoms with Crippen LogP contribution in [0.1, 0.15) is 33.7 Å². The van der Waals surface area contributed by atoms with Crippen LogP contribution in [0.15, 0.2) is 48.5 Å². The van der Waals surface area contributed by atoms with E-state index in [4.69, 9.17) is 0 Å². The van der Waals surface area contributed by atoms with Crippen LogP contribution in [-0.2, 0) is 24.1 Å². The van der Waals surface area contributed by atoms with Crippen molar-refractivity contribution in [3.63, 3.8) is 0 Å². The van der Waals surface area contributed by atoms with E-state index in [0.29, 0.717) is 5.92 Å². The van der Waals surface area contributed by atoms with Crippen LogP contribution in [0.25, 0.3) is 6.08 Å². The molecule has 2 aromatic carbocycles. The molecule has 1 nitrogen and oxygen atoms in total. The molecule has 0 saturated carbocycles. The minimum absolute atomic E-state index is 0.0578. The number of hydrogen-bond donors (Lipinski definition) is 0. The molecule has 0 N–H and O–H groups in total. The maximum atomic E-state index is 11.6. The first-order valence-corrected chi connectivity index (χ1v) is 7.67. The van der Waals surface area contributed by atoms with Gasteiger partial charge in [-0.05, 0) is 53.0 Å². The number of aldehydes is 1. The van der Waals surface area contributed by atoms with Gasteiger partial charge in [-0.25, -0.2) is 0 Å². The van der Waals surface area contributed by atoms with Crippen molar-refractivity contribution in [3.05, 3.63) is 76.4 Å². The molecule has 0 saturated heterocycles. The van der Waals surface area contributed by atoms with E-state index >= 15 is 0 Å². The molecule has 2 unspecified atom stereocenters. The van der Waals surface area contributed by atoms with Crippen LogP contribution in [-0.4, -0.2) is 6.29 Å². The summed E-state index contributed by atoms with van der Waals surface area (Å²) < 4.78 is 0. The first-order chi connectivity index (χ1) is 10.4. The van der Waals surface area contributed by atoms with Gasteiger partial charge in [0.15, 0.2) is 0 Å². The zero-order chi connectivity index (χ0) is 14.2. The summed E-state index contributed by atoms with van der Waals surface area (Å²) in [6.07, 6.45) is 8.68. The van der Waals surface area contributed by atoms with Gasteiger partial charge in [-0.2, -0.15) is 0 Å². The van der Waals surface area contributed by atoms with Crippen molar-refractivity contribution in [3.8, 4) is 0 Å². The van der Waals surface area contributed by atoms with E-state index < -0.39 is 0 Å². The molecule has 4 rings (SSSR count). The lowest BCUT2D eigenvalue weighted by molar-refractivity contribution is -0.109. The molecular formula is C20H18O. The second kappa shape index (κ2) is 5.00. The van der Waals surface area contributed by atoms with Gasteiger partial charge in [0.1, 0.15) is 6.29 Å². The minimum atomic E-state index is 0.0578. The molecule has 0 bridgehead atoms. The maximum absolute atomic E-state index is 11.6. The van der Waals surface area contributed by atoms with Crippen molar-refractivity contribution >= 4 is 12.4 Å². The summed E-state index contributed by atoms with van der Waals surface area (Å²) in [5, 5.41) is 0. The van der Waals surface area contributed by atoms with E-state index in [9.17, 15) is 4.79 Å². The average molecular weight is 274 g/mol. The lowest BCUT2D eigenvalue weighted by Gasteiger charge is -2.17. The number of carbonyl (C=O) groups excluding carboxylic acids is 1. The molecule has 0 amide bonds. The Morgan fingerprint density at radius 3 is 2.81 bits per heavy atom. The van der Waals surface area contributed by atoms with Crippen LogP contribution in [0.4, 0.5) is 0 Å². The molecule has 104 valence electrons. The van der Waals surface area contributed by atoms with Crippen LogP contribution < -0.4 is 0 Å². The highest BCUT2D eigenvalue weighted by Crippen LogP contribution is 2.39. The Balaban J connectivity index is 1.66. The van der Waals surface area contributed by atoms with Gasteiger partial charge in [0, 0.05) is 5.92 Å². The smallest absolute Gasteiger partial charge is 0.127 e. The van der Waals surface area contributed by atoms with Gasteiger partial charge in [-0.3, -0.25) is 0 Å². The summed E-state index contributed by atoms with van der Waals surface area (Å²) in [5.41, 5.74) is 6.79. The average Bonchev–Trinajstić information content (AvgIpc) is 3.11. The van der Waals surface area contributed by atoms with Crippen LogP contribution >= 0.6 is 0 Å². The van der Waals surface area contributed by atoms with Gasteiger partial charge in [-0.1, -0.05) is 54.6 Å². The molecule has 2 aliphatic carbocycles. The first kappa shape index (κ1) is 12.6. The van der Waals surface area contributed by atoms with Gasteiger partial charge < -0.3 is 4.79 Å². The highest BCUT2D eigenvalue weighted by molar-refractivity contribution is 5.67. The van der Waals surface area contributed by atoms with Crippen LogP contribution in [0, 0.1) is 5.92 Å². The molecule has 0 aromatic heterocycles. The fourth-order valence-corrected chi connectivity index (χ4v) is 3.91. The summed E-state index contributed by atoms with van der Waals surface area (Å²) in [6, 6.07) is 15.0. The Labute approximate surface area is 125 Å². The monoisotopic (exact) mass is 274 g/mol. The Bertz CT molecular complexity index is 726. The molecule has 1 heteroatoms. The molecule has 21 heavy (non-hydrogen) atoms. The van der Waals surface area contributed by atoms with Crippen LogP contribution in [0.3, 0.4) is 0 Å².